The average molecular weight is 287 g/mol. The molecule has 2 aromatic carbocycles. The number of para-hydroxylation sites is 1. The summed E-state index contributed by atoms with van der Waals surface area (Å²) in [7, 11) is 0. The van der Waals surface area contributed by atoms with Crippen LogP contribution in [-0.4, -0.2) is 9.55 Å². The number of rotatable bonds is 1. The third kappa shape index (κ3) is 1.94. The molecule has 0 radical (unpaired) electrons. The number of aryl methyl sites for hydroxylation is 1. The van der Waals surface area contributed by atoms with Gasteiger partial charge < -0.3 is 4.98 Å². The van der Waals surface area contributed by atoms with E-state index in [0.717, 1.165) is 10.1 Å². The number of halogens is 1. The quantitative estimate of drug-likeness (QED) is 0.748. The maximum Gasteiger partial charge on any atom is 0.333 e. The number of hydrogen-bond acceptors (Lipinski definition) is 2. The van der Waals surface area contributed by atoms with E-state index in [1.54, 1.807) is 30.3 Å². The molecule has 3 aromatic rings. The predicted molar refractivity (Wildman–Crippen MR) is 79.9 cm³/mol. The van der Waals surface area contributed by atoms with Crippen LogP contribution in [0.4, 0.5) is 0 Å². The van der Waals surface area contributed by atoms with Gasteiger partial charge in [-0.1, -0.05) is 29.8 Å². The average Bonchev–Trinajstić information content (AvgIpc) is 2.42. The van der Waals surface area contributed by atoms with Crippen molar-refractivity contribution in [3.05, 3.63) is 73.9 Å². The molecule has 1 aromatic heterocycles. The van der Waals surface area contributed by atoms with Gasteiger partial charge in [-0.2, -0.15) is 0 Å². The van der Waals surface area contributed by atoms with Crippen molar-refractivity contribution in [1.29, 1.82) is 0 Å². The Labute approximate surface area is 119 Å². The molecule has 0 spiro atoms. The van der Waals surface area contributed by atoms with Crippen LogP contribution in [0.3, 0.4) is 0 Å². The Bertz CT molecular complexity index is 925. The summed E-state index contributed by atoms with van der Waals surface area (Å²) < 4.78 is 1.13. The summed E-state index contributed by atoms with van der Waals surface area (Å²) in [4.78, 5) is 27.4. The number of aromatic amines is 1. The molecule has 5 heteroatoms. The lowest BCUT2D eigenvalue weighted by Gasteiger charge is -2.09. The van der Waals surface area contributed by atoms with Crippen molar-refractivity contribution in [2.75, 3.05) is 0 Å². The lowest BCUT2D eigenvalue weighted by Crippen LogP contribution is -2.34. The van der Waals surface area contributed by atoms with Crippen molar-refractivity contribution < 1.29 is 0 Å². The summed E-state index contributed by atoms with van der Waals surface area (Å²) in [6.45, 7) is 1.85. The van der Waals surface area contributed by atoms with Gasteiger partial charge in [0, 0.05) is 5.02 Å². The van der Waals surface area contributed by atoms with Gasteiger partial charge in [-0.05, 0) is 36.8 Å². The second kappa shape index (κ2) is 4.65. The first-order valence-electron chi connectivity index (χ1n) is 6.08. The first-order chi connectivity index (χ1) is 9.58. The highest BCUT2D eigenvalue weighted by atomic mass is 35.5. The van der Waals surface area contributed by atoms with E-state index in [1.807, 2.05) is 19.1 Å². The molecule has 4 nitrogen and oxygen atoms in total. The van der Waals surface area contributed by atoms with E-state index < -0.39 is 5.69 Å². The van der Waals surface area contributed by atoms with Gasteiger partial charge in [0.2, 0.25) is 0 Å². The Morgan fingerprint density at radius 2 is 1.85 bits per heavy atom. The molecule has 1 heterocycles. The van der Waals surface area contributed by atoms with E-state index in [9.17, 15) is 9.59 Å². The first-order valence-corrected chi connectivity index (χ1v) is 6.46. The van der Waals surface area contributed by atoms with Crippen LogP contribution in [0, 0.1) is 6.92 Å². The number of fused-ring (bicyclic) bond motifs is 1. The zero-order chi connectivity index (χ0) is 14.3. The second-order valence-corrected chi connectivity index (χ2v) is 4.98. The van der Waals surface area contributed by atoms with Gasteiger partial charge in [0.1, 0.15) is 0 Å². The highest BCUT2D eigenvalue weighted by molar-refractivity contribution is 6.31. The Morgan fingerprint density at radius 1 is 1.10 bits per heavy atom. The van der Waals surface area contributed by atoms with Crippen molar-refractivity contribution in [2.24, 2.45) is 0 Å². The lowest BCUT2D eigenvalue weighted by atomic mass is 10.2. The Morgan fingerprint density at radius 3 is 2.60 bits per heavy atom. The van der Waals surface area contributed by atoms with Crippen LogP contribution in [0.25, 0.3) is 16.6 Å². The molecule has 0 saturated carbocycles. The summed E-state index contributed by atoms with van der Waals surface area (Å²) in [6, 6.07) is 12.1. The Kier molecular flexibility index (Phi) is 2.95. The molecule has 0 aliphatic heterocycles. The molecular formula is C15H11ClN2O2. The summed E-state index contributed by atoms with van der Waals surface area (Å²) in [5, 5.41) is 0.846. The monoisotopic (exact) mass is 286 g/mol. The molecule has 0 unspecified atom stereocenters. The van der Waals surface area contributed by atoms with Crippen LogP contribution in [0.2, 0.25) is 5.02 Å². The smallest absolute Gasteiger partial charge is 0.306 e. The summed E-state index contributed by atoms with van der Waals surface area (Å²) in [6.07, 6.45) is 0. The third-order valence-corrected chi connectivity index (χ3v) is 3.45. The minimum Gasteiger partial charge on any atom is -0.306 e. The first kappa shape index (κ1) is 12.7. The van der Waals surface area contributed by atoms with Crippen LogP contribution in [0.5, 0.6) is 0 Å². The maximum absolute atomic E-state index is 12.5. The van der Waals surface area contributed by atoms with Crippen molar-refractivity contribution in [3.8, 4) is 5.69 Å². The normalized spacial score (nSPS) is 10.9. The minimum atomic E-state index is -0.459. The minimum absolute atomic E-state index is 0.374. The van der Waals surface area contributed by atoms with Gasteiger partial charge in [-0.3, -0.25) is 4.79 Å². The molecule has 1 N–H and O–H groups in total. The standard InChI is InChI=1S/C15H11ClN2O2/c1-9-4-2-3-5-13(9)18-14(19)11-8-10(16)6-7-12(11)17-15(18)20/h2-8H,1H3,(H,17,20). The summed E-state index contributed by atoms with van der Waals surface area (Å²) in [5.41, 5.74) is 1.07. The summed E-state index contributed by atoms with van der Waals surface area (Å²) >= 11 is 5.92. The van der Waals surface area contributed by atoms with E-state index in [-0.39, 0.29) is 5.56 Å². The highest BCUT2D eigenvalue weighted by Crippen LogP contribution is 2.15. The molecule has 0 saturated heterocycles. The molecule has 20 heavy (non-hydrogen) atoms. The maximum atomic E-state index is 12.5. The van der Waals surface area contributed by atoms with Crippen LogP contribution in [0.1, 0.15) is 5.56 Å². The number of H-pyrrole nitrogens is 1. The Hall–Kier alpha value is -2.33. The molecular weight excluding hydrogens is 276 g/mol. The SMILES string of the molecule is Cc1ccccc1-n1c(=O)[nH]c2ccc(Cl)cc2c1=O. The molecule has 0 aliphatic rings. The van der Waals surface area contributed by atoms with Crippen molar-refractivity contribution in [3.63, 3.8) is 0 Å². The predicted octanol–water partition coefficient (Wildman–Crippen LogP) is 2.64. The molecule has 100 valence electrons. The van der Waals surface area contributed by atoms with Gasteiger partial charge in [-0.25, -0.2) is 9.36 Å². The zero-order valence-electron chi connectivity index (χ0n) is 10.7. The number of nitrogens with zero attached hydrogens (tertiary/aromatic N) is 1. The molecule has 0 amide bonds. The number of hydrogen-bond donors (Lipinski definition) is 1. The van der Waals surface area contributed by atoms with Crippen molar-refractivity contribution in [2.45, 2.75) is 6.92 Å². The number of nitrogens with one attached hydrogen (secondary N) is 1. The number of benzene rings is 2. The van der Waals surface area contributed by atoms with E-state index in [0.29, 0.717) is 21.6 Å². The zero-order valence-corrected chi connectivity index (χ0v) is 11.4. The van der Waals surface area contributed by atoms with Gasteiger partial charge in [-0.15, -0.1) is 0 Å². The van der Waals surface area contributed by atoms with E-state index in [2.05, 4.69) is 4.98 Å². The largest absolute Gasteiger partial charge is 0.333 e. The Balaban J connectivity index is 2.46. The van der Waals surface area contributed by atoms with Gasteiger partial charge >= 0.3 is 5.69 Å². The molecule has 0 atom stereocenters. The van der Waals surface area contributed by atoms with Crippen LogP contribution >= 0.6 is 11.6 Å². The van der Waals surface area contributed by atoms with E-state index in [4.69, 9.17) is 11.6 Å². The fraction of sp³-hybridized carbons (Fsp3) is 0.0667. The summed E-state index contributed by atoms with van der Waals surface area (Å²) in [5.74, 6) is 0. The topological polar surface area (TPSA) is 54.9 Å². The van der Waals surface area contributed by atoms with E-state index in [1.165, 1.54) is 0 Å². The van der Waals surface area contributed by atoms with Crippen molar-refractivity contribution in [1.82, 2.24) is 9.55 Å². The van der Waals surface area contributed by atoms with Gasteiger partial charge in [0.05, 0.1) is 16.6 Å². The fourth-order valence-electron chi connectivity index (χ4n) is 2.22. The lowest BCUT2D eigenvalue weighted by molar-refractivity contribution is 0.894. The van der Waals surface area contributed by atoms with Crippen LogP contribution in [-0.2, 0) is 0 Å². The fourth-order valence-corrected chi connectivity index (χ4v) is 2.39. The van der Waals surface area contributed by atoms with Gasteiger partial charge in [0.25, 0.3) is 5.56 Å². The van der Waals surface area contributed by atoms with Crippen LogP contribution < -0.4 is 11.2 Å². The molecule has 3 rings (SSSR count). The van der Waals surface area contributed by atoms with Crippen LogP contribution in [0.15, 0.2) is 52.1 Å². The van der Waals surface area contributed by atoms with Gasteiger partial charge in [0.15, 0.2) is 0 Å². The molecule has 0 aliphatic carbocycles. The van der Waals surface area contributed by atoms with E-state index >= 15 is 0 Å². The highest BCUT2D eigenvalue weighted by Gasteiger charge is 2.11. The third-order valence-electron chi connectivity index (χ3n) is 3.22. The number of aromatic nitrogens is 2. The second-order valence-electron chi connectivity index (χ2n) is 4.55. The molecule has 0 bridgehead atoms. The van der Waals surface area contributed by atoms with Crippen molar-refractivity contribution >= 4 is 22.5 Å². The molecule has 0 fully saturated rings.